The Balaban J connectivity index is 1.53. The highest BCUT2D eigenvalue weighted by atomic mass is 32.2. The highest BCUT2D eigenvalue weighted by Crippen LogP contribution is 2.40. The number of nitrogens with two attached hydrogens (primary N) is 1. The molecule has 4 rings (SSSR count). The molecular formula is C29H33N7O13S. The molecule has 20 nitrogen and oxygen atoms in total. The number of rotatable bonds is 12. The molecule has 0 saturated carbocycles. The van der Waals surface area contributed by atoms with Crippen molar-refractivity contribution in [1.29, 1.82) is 0 Å². The number of imide groups is 1. The molecule has 7 N–H and O–H groups in total. The summed E-state index contributed by atoms with van der Waals surface area (Å²) in [6.07, 6.45) is -1.03. The SMILES string of the molecule is CCN1CCN(C(=O)N[C@H](C(=O)N[C@@H]2C(=O)N3C(C(=O)O)=C(COC(C)=O)CS[C@H]23)c2ccc(NC(=O)OC[C@@H](N)C(=O)O)cc2)C(=O)C1=O. The van der Waals surface area contributed by atoms with Crippen molar-refractivity contribution in [2.45, 2.75) is 37.3 Å². The molecule has 0 radical (unpaired) electrons. The van der Waals surface area contributed by atoms with Crippen molar-refractivity contribution in [2.24, 2.45) is 5.73 Å². The Kier molecular flexibility index (Phi) is 11.6. The predicted octanol–water partition coefficient (Wildman–Crippen LogP) is -1.61. The average molecular weight is 720 g/mol. The third-order valence-corrected chi connectivity index (χ3v) is 9.00. The topological polar surface area (TPSA) is 284 Å². The number of anilines is 1. The van der Waals surface area contributed by atoms with Crippen molar-refractivity contribution >= 4 is 71.1 Å². The van der Waals surface area contributed by atoms with Gasteiger partial charge < -0.3 is 41.0 Å². The zero-order valence-corrected chi connectivity index (χ0v) is 27.4. The second-order valence-corrected chi connectivity index (χ2v) is 12.1. The van der Waals surface area contributed by atoms with Crippen molar-refractivity contribution in [3.05, 3.63) is 41.1 Å². The molecular weight excluding hydrogens is 686 g/mol. The van der Waals surface area contributed by atoms with E-state index in [1.54, 1.807) is 6.92 Å². The van der Waals surface area contributed by atoms with Crippen LogP contribution in [0, 0.1) is 0 Å². The first-order valence-electron chi connectivity index (χ1n) is 14.9. The second-order valence-electron chi connectivity index (χ2n) is 10.9. The largest absolute Gasteiger partial charge is 0.480 e. The molecule has 2 saturated heterocycles. The number of benzene rings is 1. The Labute approximate surface area is 287 Å². The minimum Gasteiger partial charge on any atom is -0.480 e. The molecule has 0 aliphatic carbocycles. The summed E-state index contributed by atoms with van der Waals surface area (Å²) in [7, 11) is 0. The lowest BCUT2D eigenvalue weighted by molar-refractivity contribution is -0.153. The Hall–Kier alpha value is -5.70. The average Bonchev–Trinajstić information content (AvgIpc) is 3.08. The number of carboxylic acid groups (broad SMARTS) is 2. The quantitative estimate of drug-likeness (QED) is 0.0805. The van der Waals surface area contributed by atoms with Crippen LogP contribution in [0.3, 0.4) is 0 Å². The van der Waals surface area contributed by atoms with Gasteiger partial charge in [0.15, 0.2) is 0 Å². The number of nitrogens with one attached hydrogen (secondary N) is 3. The summed E-state index contributed by atoms with van der Waals surface area (Å²) in [6.45, 7) is 1.97. The Bertz CT molecular complexity index is 1650. The van der Waals surface area contributed by atoms with Crippen LogP contribution >= 0.6 is 11.8 Å². The van der Waals surface area contributed by atoms with Gasteiger partial charge >= 0.3 is 41.8 Å². The number of carbonyl (C=O) groups excluding carboxylic acids is 7. The summed E-state index contributed by atoms with van der Waals surface area (Å²) >= 11 is 1.11. The number of urea groups is 1. The normalized spacial score (nSPS) is 19.8. The minimum absolute atomic E-state index is 0.0589. The number of carbonyl (C=O) groups is 9. The van der Waals surface area contributed by atoms with Crippen LogP contribution in [0.25, 0.3) is 0 Å². The van der Waals surface area contributed by atoms with E-state index in [4.69, 9.17) is 20.3 Å². The predicted molar refractivity (Wildman–Crippen MR) is 169 cm³/mol. The van der Waals surface area contributed by atoms with Crippen LogP contribution in [0.1, 0.15) is 25.5 Å². The molecule has 3 aliphatic heterocycles. The van der Waals surface area contributed by atoms with Crippen LogP contribution in [-0.4, -0.2) is 135 Å². The number of esters is 1. The Morgan fingerprint density at radius 2 is 1.70 bits per heavy atom. The summed E-state index contributed by atoms with van der Waals surface area (Å²) < 4.78 is 9.68. The lowest BCUT2D eigenvalue weighted by atomic mass is 10.0. The maximum atomic E-state index is 13.7. The lowest BCUT2D eigenvalue weighted by Crippen LogP contribution is -2.71. The fourth-order valence-corrected chi connectivity index (χ4v) is 6.37. The van der Waals surface area contributed by atoms with Crippen LogP contribution < -0.4 is 21.7 Å². The summed E-state index contributed by atoms with van der Waals surface area (Å²) in [6, 6.07) is -0.0692. The van der Waals surface area contributed by atoms with Gasteiger partial charge in [-0.05, 0) is 24.6 Å². The van der Waals surface area contributed by atoms with Gasteiger partial charge in [0.2, 0.25) is 5.91 Å². The number of nitrogens with zero attached hydrogens (tertiary/aromatic N) is 3. The van der Waals surface area contributed by atoms with E-state index in [-0.39, 0.29) is 54.5 Å². The molecule has 0 aromatic heterocycles. The second kappa shape index (κ2) is 15.7. The number of aliphatic carboxylic acids is 2. The molecule has 0 bridgehead atoms. The van der Waals surface area contributed by atoms with Crippen LogP contribution in [0.2, 0.25) is 0 Å². The van der Waals surface area contributed by atoms with Crippen molar-refractivity contribution < 1.29 is 62.8 Å². The maximum absolute atomic E-state index is 13.7. The number of thioether (sulfide) groups is 1. The van der Waals surface area contributed by atoms with Gasteiger partial charge in [-0.2, -0.15) is 0 Å². The van der Waals surface area contributed by atoms with Gasteiger partial charge in [-0.1, -0.05) is 12.1 Å². The summed E-state index contributed by atoms with van der Waals surface area (Å²) in [5, 5.41) is 25.1. The van der Waals surface area contributed by atoms with Crippen LogP contribution in [-0.2, 0) is 43.0 Å². The van der Waals surface area contributed by atoms with Crippen LogP contribution in [0.4, 0.5) is 15.3 Å². The molecule has 1 aromatic carbocycles. The molecule has 268 valence electrons. The lowest BCUT2D eigenvalue weighted by Gasteiger charge is -2.49. The van der Waals surface area contributed by atoms with Gasteiger partial charge in [0.25, 0.3) is 5.91 Å². The summed E-state index contributed by atoms with van der Waals surface area (Å²) in [4.78, 5) is 114. The molecule has 21 heteroatoms. The first-order valence-corrected chi connectivity index (χ1v) is 16.0. The van der Waals surface area contributed by atoms with Gasteiger partial charge in [-0.3, -0.25) is 43.9 Å². The van der Waals surface area contributed by atoms with Crippen LogP contribution in [0.5, 0.6) is 0 Å². The maximum Gasteiger partial charge on any atom is 0.411 e. The van der Waals surface area contributed by atoms with E-state index in [2.05, 4.69) is 16.0 Å². The molecule has 0 unspecified atom stereocenters. The molecule has 7 amide bonds. The Morgan fingerprint density at radius 3 is 2.30 bits per heavy atom. The summed E-state index contributed by atoms with van der Waals surface area (Å²) in [5.41, 5.74) is 5.35. The van der Waals surface area contributed by atoms with Gasteiger partial charge in [0, 0.05) is 43.6 Å². The number of ether oxygens (including phenoxy) is 2. The van der Waals surface area contributed by atoms with E-state index < -0.39 is 83.8 Å². The number of carboxylic acids is 2. The molecule has 4 atom stereocenters. The van der Waals surface area contributed by atoms with Gasteiger partial charge in [0.1, 0.15) is 42.4 Å². The number of fused-ring (bicyclic) bond motifs is 1. The zero-order chi connectivity index (χ0) is 36.9. The molecule has 1 aromatic rings. The van der Waals surface area contributed by atoms with Gasteiger partial charge in [-0.15, -0.1) is 11.8 Å². The van der Waals surface area contributed by atoms with Gasteiger partial charge in [0.05, 0.1) is 0 Å². The number of hydrogen-bond donors (Lipinski definition) is 6. The number of β-lactam (4-membered cyclic amide) rings is 1. The smallest absolute Gasteiger partial charge is 0.411 e. The van der Waals surface area contributed by atoms with E-state index in [1.165, 1.54) is 29.2 Å². The van der Waals surface area contributed by atoms with Crippen LogP contribution in [0.15, 0.2) is 35.5 Å². The molecule has 2 fully saturated rings. The minimum atomic E-state index is -1.58. The highest BCUT2D eigenvalue weighted by molar-refractivity contribution is 8.00. The summed E-state index contributed by atoms with van der Waals surface area (Å²) in [5.74, 6) is -7.14. The highest BCUT2D eigenvalue weighted by Gasteiger charge is 2.54. The monoisotopic (exact) mass is 719 g/mol. The number of likely N-dealkylation sites (N-methyl/N-ethyl adjacent to an activating group) is 1. The van der Waals surface area contributed by atoms with Crippen molar-refractivity contribution in [1.82, 2.24) is 25.3 Å². The molecule has 3 heterocycles. The molecule has 0 spiro atoms. The van der Waals surface area contributed by atoms with E-state index in [0.717, 1.165) is 23.6 Å². The van der Waals surface area contributed by atoms with E-state index in [9.17, 15) is 48.3 Å². The van der Waals surface area contributed by atoms with Crippen molar-refractivity contribution in [3.63, 3.8) is 0 Å². The fraction of sp³-hybridized carbons (Fsp3) is 0.414. The standard InChI is InChI=1S/C29H33N7O13S/c1-3-34-8-9-35(24(41)23(34)40)28(46)33-18(14-4-6-16(7-5-14)31-29(47)49-11-17(30)26(42)43)21(38)32-19-22(39)36-20(27(44)45)15(10-48-13(2)37)12-50-25(19)36/h4-7,17-19,25H,3,8-12,30H2,1-2H3,(H,31,47)(H,32,38)(H,33,46)(H,42,43)(H,44,45)/t17-,18+,19-,25-/m1/s1. The third kappa shape index (κ3) is 8.11. The molecule has 50 heavy (non-hydrogen) atoms. The fourth-order valence-electron chi connectivity index (χ4n) is 5.04. The first kappa shape index (κ1) is 37.1. The van der Waals surface area contributed by atoms with E-state index >= 15 is 0 Å². The van der Waals surface area contributed by atoms with E-state index in [1.807, 2.05) is 0 Å². The number of hydrogen-bond acceptors (Lipinski definition) is 13. The van der Waals surface area contributed by atoms with Gasteiger partial charge in [-0.25, -0.2) is 14.4 Å². The number of piperazine rings is 1. The Morgan fingerprint density at radius 1 is 1.02 bits per heavy atom. The van der Waals surface area contributed by atoms with Crippen molar-refractivity contribution in [3.8, 4) is 0 Å². The number of amides is 7. The van der Waals surface area contributed by atoms with Crippen molar-refractivity contribution in [2.75, 3.05) is 43.9 Å². The molecule has 3 aliphatic rings. The zero-order valence-electron chi connectivity index (χ0n) is 26.6. The third-order valence-electron chi connectivity index (χ3n) is 7.66. The first-order chi connectivity index (χ1) is 23.6. The van der Waals surface area contributed by atoms with E-state index in [0.29, 0.717) is 4.90 Å².